The molecule has 0 fully saturated rings. The first-order valence-electron chi connectivity index (χ1n) is 7.73. The minimum atomic E-state index is 0.230. The number of nitrogens with zero attached hydrogens (tertiary/aromatic N) is 2. The van der Waals surface area contributed by atoms with Crippen molar-refractivity contribution in [2.45, 2.75) is 20.8 Å². The van der Waals surface area contributed by atoms with Crippen LogP contribution in [0.25, 0.3) is 0 Å². The summed E-state index contributed by atoms with van der Waals surface area (Å²) in [6.07, 6.45) is 1.35. The first-order valence-corrected chi connectivity index (χ1v) is 8.11. The minimum Gasteiger partial charge on any atom is -0.437 e. The van der Waals surface area contributed by atoms with Crippen molar-refractivity contribution < 1.29 is 9.47 Å². The largest absolute Gasteiger partial charge is 0.437 e. The van der Waals surface area contributed by atoms with Crippen LogP contribution in [-0.4, -0.2) is 9.97 Å². The zero-order chi connectivity index (χ0) is 18.0. The molecule has 0 unspecified atom stereocenters. The summed E-state index contributed by atoms with van der Waals surface area (Å²) < 4.78 is 11.5. The average molecular weight is 356 g/mol. The van der Waals surface area contributed by atoms with E-state index in [-0.39, 0.29) is 17.4 Å². The highest BCUT2D eigenvalue weighted by atomic mass is 35.5. The number of hydrogen-bond donors (Lipinski definition) is 1. The summed E-state index contributed by atoms with van der Waals surface area (Å²) >= 11 is 6.18. The van der Waals surface area contributed by atoms with Gasteiger partial charge in [0.2, 0.25) is 11.8 Å². The molecule has 3 rings (SSSR count). The molecule has 2 aromatic carbocycles. The Kier molecular flexibility index (Phi) is 4.76. The molecule has 3 aromatic rings. The molecular formula is C19H18ClN3O2. The van der Waals surface area contributed by atoms with E-state index >= 15 is 0 Å². The first kappa shape index (κ1) is 17.0. The number of ether oxygens (including phenoxy) is 2. The van der Waals surface area contributed by atoms with E-state index in [1.807, 2.05) is 57.2 Å². The van der Waals surface area contributed by atoms with Crippen LogP contribution in [-0.2, 0) is 0 Å². The van der Waals surface area contributed by atoms with Gasteiger partial charge in [0.25, 0.3) is 0 Å². The Hall–Kier alpha value is -2.79. The Morgan fingerprint density at radius 1 is 0.840 bits per heavy atom. The summed E-state index contributed by atoms with van der Waals surface area (Å²) in [6, 6.07) is 11.3. The Morgan fingerprint density at radius 3 is 1.92 bits per heavy atom. The predicted octanol–water partition coefficient (Wildman–Crippen LogP) is 5.22. The predicted molar refractivity (Wildman–Crippen MR) is 98.7 cm³/mol. The molecule has 0 spiro atoms. The third-order valence-electron chi connectivity index (χ3n) is 3.67. The van der Waals surface area contributed by atoms with E-state index in [2.05, 4.69) is 9.97 Å². The number of aromatic nitrogens is 2. The summed E-state index contributed by atoms with van der Waals surface area (Å²) in [5, 5.41) is 0.714. The van der Waals surface area contributed by atoms with E-state index in [4.69, 9.17) is 26.8 Å². The fourth-order valence-corrected chi connectivity index (χ4v) is 2.43. The van der Waals surface area contributed by atoms with Gasteiger partial charge in [-0.25, -0.2) is 0 Å². The summed E-state index contributed by atoms with van der Waals surface area (Å²) in [5.74, 6) is 1.72. The molecule has 0 aliphatic carbocycles. The molecule has 0 aliphatic heterocycles. The van der Waals surface area contributed by atoms with Crippen molar-refractivity contribution in [3.05, 3.63) is 64.4 Å². The van der Waals surface area contributed by atoms with Crippen molar-refractivity contribution in [1.29, 1.82) is 0 Å². The molecule has 0 atom stereocenters. The fourth-order valence-electron chi connectivity index (χ4n) is 2.32. The number of hydrogen-bond acceptors (Lipinski definition) is 5. The Morgan fingerprint density at radius 2 is 1.36 bits per heavy atom. The highest BCUT2D eigenvalue weighted by molar-refractivity contribution is 6.32. The van der Waals surface area contributed by atoms with Crippen LogP contribution >= 0.6 is 11.6 Å². The van der Waals surface area contributed by atoms with Gasteiger partial charge in [-0.05, 0) is 56.2 Å². The zero-order valence-electron chi connectivity index (χ0n) is 14.2. The smallest absolute Gasteiger partial charge is 0.249 e. The van der Waals surface area contributed by atoms with Gasteiger partial charge in [0, 0.05) is 5.02 Å². The highest BCUT2D eigenvalue weighted by Gasteiger charge is 2.13. The van der Waals surface area contributed by atoms with Gasteiger partial charge in [-0.2, -0.15) is 9.97 Å². The standard InChI is InChI=1S/C19H18ClN3O2/c1-11-4-6-14(7-5-11)24-18-17(21)19(23-10-22-18)25-15-8-12(2)16(20)13(3)9-15/h4-10H,21H2,1-3H3. The van der Waals surface area contributed by atoms with E-state index in [9.17, 15) is 0 Å². The summed E-state index contributed by atoms with van der Waals surface area (Å²) in [4.78, 5) is 8.19. The van der Waals surface area contributed by atoms with Gasteiger partial charge in [0.1, 0.15) is 17.8 Å². The third kappa shape index (κ3) is 3.83. The van der Waals surface area contributed by atoms with Crippen molar-refractivity contribution in [2.24, 2.45) is 0 Å². The third-order valence-corrected chi connectivity index (χ3v) is 4.27. The number of anilines is 1. The SMILES string of the molecule is Cc1ccc(Oc2ncnc(Oc3cc(C)c(Cl)c(C)c3)c2N)cc1. The normalized spacial score (nSPS) is 10.6. The molecule has 25 heavy (non-hydrogen) atoms. The number of rotatable bonds is 4. The van der Waals surface area contributed by atoms with Gasteiger partial charge in [-0.3, -0.25) is 0 Å². The number of aryl methyl sites for hydroxylation is 3. The van der Waals surface area contributed by atoms with E-state index in [0.717, 1.165) is 16.7 Å². The van der Waals surface area contributed by atoms with Crippen molar-refractivity contribution in [3.63, 3.8) is 0 Å². The molecule has 0 radical (unpaired) electrons. The molecule has 0 amide bonds. The van der Waals surface area contributed by atoms with E-state index in [1.54, 1.807) is 0 Å². The molecule has 1 aromatic heterocycles. The number of halogens is 1. The lowest BCUT2D eigenvalue weighted by Crippen LogP contribution is -2.01. The maximum Gasteiger partial charge on any atom is 0.249 e. The molecule has 1 heterocycles. The van der Waals surface area contributed by atoms with Crippen LogP contribution in [0.5, 0.6) is 23.3 Å². The molecule has 0 bridgehead atoms. The minimum absolute atomic E-state index is 0.230. The van der Waals surface area contributed by atoms with Gasteiger partial charge in [-0.15, -0.1) is 0 Å². The van der Waals surface area contributed by atoms with Crippen LogP contribution in [0.4, 0.5) is 5.69 Å². The lowest BCUT2D eigenvalue weighted by Gasteiger charge is -2.12. The lowest BCUT2D eigenvalue weighted by molar-refractivity contribution is 0.438. The zero-order valence-corrected chi connectivity index (χ0v) is 15.0. The monoisotopic (exact) mass is 355 g/mol. The second kappa shape index (κ2) is 6.99. The van der Waals surface area contributed by atoms with Crippen LogP contribution in [0.3, 0.4) is 0 Å². The van der Waals surface area contributed by atoms with Gasteiger partial charge >= 0.3 is 0 Å². The topological polar surface area (TPSA) is 70.3 Å². The molecule has 128 valence electrons. The summed E-state index contributed by atoms with van der Waals surface area (Å²) in [6.45, 7) is 5.83. The average Bonchev–Trinajstić information content (AvgIpc) is 2.58. The first-order chi connectivity index (χ1) is 11.9. The van der Waals surface area contributed by atoms with Crippen molar-refractivity contribution >= 4 is 17.3 Å². The number of benzene rings is 2. The van der Waals surface area contributed by atoms with Gasteiger partial charge < -0.3 is 15.2 Å². The molecule has 2 N–H and O–H groups in total. The van der Waals surface area contributed by atoms with Crippen LogP contribution in [0.1, 0.15) is 16.7 Å². The molecule has 0 saturated carbocycles. The molecular weight excluding hydrogens is 338 g/mol. The summed E-state index contributed by atoms with van der Waals surface area (Å²) in [5.41, 5.74) is 9.32. The molecule has 6 heteroatoms. The number of nitrogen functional groups attached to an aromatic ring is 1. The van der Waals surface area contributed by atoms with E-state index in [1.165, 1.54) is 6.33 Å². The number of nitrogens with two attached hydrogens (primary N) is 1. The van der Waals surface area contributed by atoms with E-state index < -0.39 is 0 Å². The molecule has 0 saturated heterocycles. The second-order valence-corrected chi connectivity index (χ2v) is 6.16. The van der Waals surface area contributed by atoms with Crippen LogP contribution < -0.4 is 15.2 Å². The van der Waals surface area contributed by atoms with Gasteiger partial charge in [0.05, 0.1) is 0 Å². The Labute approximate surface area is 151 Å². The van der Waals surface area contributed by atoms with E-state index in [0.29, 0.717) is 16.5 Å². The maximum absolute atomic E-state index is 6.18. The van der Waals surface area contributed by atoms with Gasteiger partial charge in [0.15, 0.2) is 5.69 Å². The Bertz CT molecular complexity index is 888. The second-order valence-electron chi connectivity index (χ2n) is 5.79. The van der Waals surface area contributed by atoms with Crippen LogP contribution in [0.2, 0.25) is 5.02 Å². The molecule has 0 aliphatic rings. The summed E-state index contributed by atoms with van der Waals surface area (Å²) in [7, 11) is 0. The highest BCUT2D eigenvalue weighted by Crippen LogP contribution is 2.35. The van der Waals surface area contributed by atoms with Crippen molar-refractivity contribution in [1.82, 2.24) is 9.97 Å². The Balaban J connectivity index is 1.87. The van der Waals surface area contributed by atoms with Crippen molar-refractivity contribution in [3.8, 4) is 23.3 Å². The lowest BCUT2D eigenvalue weighted by atomic mass is 10.1. The molecule has 5 nitrogen and oxygen atoms in total. The fraction of sp³-hybridized carbons (Fsp3) is 0.158. The van der Waals surface area contributed by atoms with Crippen molar-refractivity contribution in [2.75, 3.05) is 5.73 Å². The quantitative estimate of drug-likeness (QED) is 0.694. The maximum atomic E-state index is 6.18. The van der Waals surface area contributed by atoms with Crippen LogP contribution in [0, 0.1) is 20.8 Å². The van der Waals surface area contributed by atoms with Gasteiger partial charge in [-0.1, -0.05) is 29.3 Å². The van der Waals surface area contributed by atoms with Crippen LogP contribution in [0.15, 0.2) is 42.7 Å².